The Balaban J connectivity index is 1.33. The smallest absolute Gasteiger partial charge is 0.311 e. The molecule has 54 heavy (non-hydrogen) atoms. The highest BCUT2D eigenvalue weighted by Crippen LogP contribution is 2.57. The number of rotatable bonds is 7. The Morgan fingerprint density at radius 1 is 0.667 bits per heavy atom. The Morgan fingerprint density at radius 3 is 1.39 bits per heavy atom. The van der Waals surface area contributed by atoms with Crippen molar-refractivity contribution in [3.05, 3.63) is 116 Å². The van der Waals surface area contributed by atoms with E-state index in [2.05, 4.69) is 31.9 Å². The lowest BCUT2D eigenvalue weighted by Gasteiger charge is -2.47. The Bertz CT molecular complexity index is 2280. The highest BCUT2D eigenvalue weighted by molar-refractivity contribution is 9.10. The number of nitrogens with zero attached hydrogens (tertiary/aromatic N) is 4. The molecule has 0 spiro atoms. The van der Waals surface area contributed by atoms with Crippen LogP contribution >= 0.6 is 54.5 Å². The van der Waals surface area contributed by atoms with Crippen molar-refractivity contribution in [3.8, 4) is 0 Å². The van der Waals surface area contributed by atoms with Gasteiger partial charge in [0.05, 0.1) is 37.2 Å². The zero-order chi connectivity index (χ0) is 38.2. The lowest BCUT2D eigenvalue weighted by molar-refractivity contribution is -0.178. The van der Waals surface area contributed by atoms with Gasteiger partial charge in [-0.25, -0.2) is 9.97 Å². The third-order valence-corrected chi connectivity index (χ3v) is 13.9. The molecule has 276 valence electrons. The molecule has 2 heterocycles. The van der Waals surface area contributed by atoms with Gasteiger partial charge in [-0.1, -0.05) is 103 Å². The average molecular weight is 887 g/mol. The van der Waals surface area contributed by atoms with E-state index in [4.69, 9.17) is 14.7 Å². The minimum absolute atomic E-state index is 0.261. The van der Waals surface area contributed by atoms with Gasteiger partial charge in [-0.15, -0.1) is 0 Å². The number of thiazole rings is 2. The molecule has 8 nitrogen and oxygen atoms in total. The van der Waals surface area contributed by atoms with E-state index in [1.165, 1.54) is 22.7 Å². The van der Waals surface area contributed by atoms with Gasteiger partial charge in [0.2, 0.25) is 11.8 Å². The molecule has 0 bridgehead atoms. The summed E-state index contributed by atoms with van der Waals surface area (Å²) in [5.41, 5.74) is 1.76. The minimum Gasteiger partial charge on any atom is -0.460 e. The van der Waals surface area contributed by atoms with Crippen LogP contribution in [0.2, 0.25) is 0 Å². The molecule has 4 aromatic carbocycles. The topological polar surface area (TPSA) is 92.7 Å². The van der Waals surface area contributed by atoms with Gasteiger partial charge >= 0.3 is 5.97 Å². The number of amides is 2. The fraction of sp³-hybridized carbons (Fsp3) is 0.310. The largest absolute Gasteiger partial charge is 0.460 e. The molecule has 0 unspecified atom stereocenters. The van der Waals surface area contributed by atoms with Gasteiger partial charge in [0, 0.05) is 23.0 Å². The van der Waals surface area contributed by atoms with E-state index in [9.17, 15) is 0 Å². The van der Waals surface area contributed by atoms with Gasteiger partial charge in [-0.2, -0.15) is 0 Å². The summed E-state index contributed by atoms with van der Waals surface area (Å²) in [5, 5.41) is 1.03. The number of hydrogen-bond acceptors (Lipinski definition) is 8. The van der Waals surface area contributed by atoms with Crippen molar-refractivity contribution < 1.29 is 19.1 Å². The van der Waals surface area contributed by atoms with Crippen molar-refractivity contribution in [2.24, 2.45) is 16.7 Å². The Morgan fingerprint density at radius 2 is 1.04 bits per heavy atom. The zero-order valence-electron chi connectivity index (χ0n) is 30.5. The standard InChI is InChI=1S/C42H38Br2N4O4S2/c1-40(2,3)52-35(49)34(41(20-24-10-6-7-11-25(24)21-41)36(50)47(4)38-45-30-18-28(43)14-16-32(30)53-38)42(22-26-12-8-9-13-27(26)23-42)37(51)48(5)39-46-31-19-29(44)15-17-33(31)54-39/h6-19,34H,20-23H2,1-5H3. The molecule has 0 saturated heterocycles. The molecule has 8 rings (SSSR count). The van der Waals surface area contributed by atoms with E-state index in [-0.39, 0.29) is 37.5 Å². The monoisotopic (exact) mass is 884 g/mol. The molecule has 2 aliphatic rings. The van der Waals surface area contributed by atoms with Crippen LogP contribution < -0.4 is 9.80 Å². The van der Waals surface area contributed by atoms with Gasteiger partial charge < -0.3 is 4.74 Å². The van der Waals surface area contributed by atoms with Crippen molar-refractivity contribution in [2.75, 3.05) is 23.9 Å². The van der Waals surface area contributed by atoms with E-state index in [1.807, 2.05) is 106 Å². The third-order valence-electron chi connectivity index (χ3n) is 10.7. The second kappa shape index (κ2) is 13.6. The fourth-order valence-electron chi connectivity index (χ4n) is 8.49. The first-order chi connectivity index (χ1) is 25.7. The molecule has 0 atom stereocenters. The first-order valence-electron chi connectivity index (χ1n) is 17.7. The van der Waals surface area contributed by atoms with Crippen LogP contribution in [0.15, 0.2) is 93.9 Å². The first kappa shape index (κ1) is 37.0. The molecule has 2 aromatic heterocycles. The van der Waals surface area contributed by atoms with Gasteiger partial charge in [0.1, 0.15) is 5.60 Å². The molecule has 2 aliphatic carbocycles. The van der Waals surface area contributed by atoms with Crippen LogP contribution in [-0.2, 0) is 44.8 Å². The number of fused-ring (bicyclic) bond motifs is 4. The highest BCUT2D eigenvalue weighted by Gasteiger charge is 2.66. The van der Waals surface area contributed by atoms with Crippen LogP contribution in [0.3, 0.4) is 0 Å². The molecule has 12 heteroatoms. The molecule has 0 aliphatic heterocycles. The van der Waals surface area contributed by atoms with E-state index in [0.717, 1.165) is 51.6 Å². The molecular weight excluding hydrogens is 848 g/mol. The minimum atomic E-state index is -1.39. The molecule has 0 fully saturated rings. The van der Waals surface area contributed by atoms with Crippen molar-refractivity contribution in [2.45, 2.75) is 52.1 Å². The molecule has 6 aromatic rings. The molecule has 2 amide bonds. The number of benzene rings is 4. The Kier molecular flexibility index (Phi) is 9.35. The lowest BCUT2D eigenvalue weighted by Crippen LogP contribution is -2.61. The average Bonchev–Trinajstić information content (AvgIpc) is 3.92. The van der Waals surface area contributed by atoms with Crippen LogP contribution in [0.5, 0.6) is 0 Å². The normalized spacial score (nSPS) is 15.7. The predicted molar refractivity (Wildman–Crippen MR) is 223 cm³/mol. The van der Waals surface area contributed by atoms with Crippen molar-refractivity contribution in [1.29, 1.82) is 0 Å². The summed E-state index contributed by atoms with van der Waals surface area (Å²) in [4.78, 5) is 59.7. The number of aromatic nitrogens is 2. The highest BCUT2D eigenvalue weighted by atomic mass is 79.9. The quantitative estimate of drug-likeness (QED) is 0.148. The summed E-state index contributed by atoms with van der Waals surface area (Å²) < 4.78 is 9.99. The summed E-state index contributed by atoms with van der Waals surface area (Å²) in [6.45, 7) is 5.48. The van der Waals surface area contributed by atoms with Crippen LogP contribution in [-0.4, -0.2) is 47.4 Å². The van der Waals surface area contributed by atoms with Crippen LogP contribution in [0.4, 0.5) is 10.3 Å². The number of ether oxygens (including phenoxy) is 1. The Hall–Kier alpha value is -3.97. The van der Waals surface area contributed by atoms with Gasteiger partial charge in [-0.05, 0) is 105 Å². The molecular formula is C42H38Br2N4O4S2. The van der Waals surface area contributed by atoms with Crippen LogP contribution in [0, 0.1) is 16.7 Å². The summed E-state index contributed by atoms with van der Waals surface area (Å²) in [5.74, 6) is -2.29. The third kappa shape index (κ3) is 6.38. The van der Waals surface area contributed by atoms with Gasteiger partial charge in [0.25, 0.3) is 0 Å². The lowest BCUT2D eigenvalue weighted by atomic mass is 9.57. The van der Waals surface area contributed by atoms with Crippen molar-refractivity contribution in [1.82, 2.24) is 9.97 Å². The van der Waals surface area contributed by atoms with Gasteiger partial charge in [-0.3, -0.25) is 24.2 Å². The second-order valence-electron chi connectivity index (χ2n) is 15.5. The van der Waals surface area contributed by atoms with Crippen molar-refractivity contribution >= 4 is 103 Å². The summed E-state index contributed by atoms with van der Waals surface area (Å²) in [6.07, 6.45) is 1.04. The summed E-state index contributed by atoms with van der Waals surface area (Å²) >= 11 is 9.93. The van der Waals surface area contributed by atoms with E-state index >= 15 is 14.4 Å². The zero-order valence-corrected chi connectivity index (χ0v) is 35.3. The summed E-state index contributed by atoms with van der Waals surface area (Å²) in [7, 11) is 3.46. The predicted octanol–water partition coefficient (Wildman–Crippen LogP) is 9.59. The van der Waals surface area contributed by atoms with Crippen LogP contribution in [0.1, 0.15) is 43.0 Å². The maximum atomic E-state index is 15.7. The van der Waals surface area contributed by atoms with Gasteiger partial charge in [0.15, 0.2) is 10.3 Å². The maximum absolute atomic E-state index is 15.7. The molecule has 0 saturated carbocycles. The molecule has 0 radical (unpaired) electrons. The van der Waals surface area contributed by atoms with E-state index in [1.54, 1.807) is 23.9 Å². The van der Waals surface area contributed by atoms with E-state index < -0.39 is 28.3 Å². The maximum Gasteiger partial charge on any atom is 0.311 e. The number of halogens is 2. The first-order valence-corrected chi connectivity index (χ1v) is 20.9. The van der Waals surface area contributed by atoms with Crippen LogP contribution in [0.25, 0.3) is 20.4 Å². The fourth-order valence-corrected chi connectivity index (χ4v) is 11.0. The number of hydrogen-bond donors (Lipinski definition) is 0. The number of carbonyl (C=O) groups excluding carboxylic acids is 3. The molecule has 0 N–H and O–H groups in total. The Labute approximate surface area is 338 Å². The number of anilines is 2. The SMILES string of the molecule is CN(C(=O)C1(C(C(=O)OC(C)(C)C)C2(C(=O)N(C)c3nc4cc(Br)ccc4s3)Cc3ccccc3C2)Cc2ccccc2C1)c1nc2cc(Br)ccc2s1. The number of carbonyl (C=O) groups is 3. The van der Waals surface area contributed by atoms with Crippen molar-refractivity contribution in [3.63, 3.8) is 0 Å². The second-order valence-corrected chi connectivity index (χ2v) is 19.3. The van der Waals surface area contributed by atoms with E-state index in [0.29, 0.717) is 10.3 Å². The summed E-state index contributed by atoms with van der Waals surface area (Å²) in [6, 6.07) is 27.6. The number of esters is 1.